The van der Waals surface area contributed by atoms with Crippen molar-refractivity contribution in [3.63, 3.8) is 0 Å². The van der Waals surface area contributed by atoms with Gasteiger partial charge in [-0.3, -0.25) is 4.79 Å². The third kappa shape index (κ3) is 10.2. The number of carbonyl (C=O) groups is 3. The quantitative estimate of drug-likeness (QED) is 0.551. The fourth-order valence-electron chi connectivity index (χ4n) is 0.527. The second kappa shape index (κ2) is 8.42. The van der Waals surface area contributed by atoms with Crippen LogP contribution in [0.3, 0.4) is 0 Å². The monoisotopic (exact) mass is 243 g/mol. The number of hydrogen-bond donors (Lipinski definition) is 2. The van der Waals surface area contributed by atoms with Gasteiger partial charge < -0.3 is 10.2 Å². The van der Waals surface area contributed by atoms with Crippen LogP contribution in [0.25, 0.3) is 0 Å². The van der Waals surface area contributed by atoms with Crippen LogP contribution in [-0.2, 0) is 14.4 Å². The molecule has 86 valence electrons. The molecule has 1 rings (SSSR count). The highest BCUT2D eigenvalue weighted by molar-refractivity contribution is 8.01. The number of nitrogens with zero attached hydrogens (tertiary/aromatic N) is 1. The average Bonchev–Trinajstić information content (AvgIpc) is 2.44. The van der Waals surface area contributed by atoms with Crippen molar-refractivity contribution in [3.05, 3.63) is 23.6 Å². The molecule has 0 radical (unpaired) electrons. The summed E-state index contributed by atoms with van der Waals surface area (Å²) in [5.41, 5.74) is 0. The molecular weight excluding hydrogens is 234 g/mol. The number of rotatable bonds is 2. The van der Waals surface area contributed by atoms with Crippen LogP contribution in [0.5, 0.6) is 0 Å². The van der Waals surface area contributed by atoms with Crippen molar-refractivity contribution in [2.45, 2.75) is 6.42 Å². The van der Waals surface area contributed by atoms with E-state index in [2.05, 4.69) is 4.40 Å². The summed E-state index contributed by atoms with van der Waals surface area (Å²) in [5.74, 6) is -2.44. The Morgan fingerprint density at radius 2 is 1.88 bits per heavy atom. The van der Waals surface area contributed by atoms with Gasteiger partial charge in [-0.1, -0.05) is 6.08 Å². The maximum Gasteiger partial charge on any atom is 0.328 e. The van der Waals surface area contributed by atoms with Gasteiger partial charge in [0, 0.05) is 30.5 Å². The summed E-state index contributed by atoms with van der Waals surface area (Å²) < 4.78 is 3.71. The largest absolute Gasteiger partial charge is 0.478 e. The van der Waals surface area contributed by atoms with Gasteiger partial charge in [0.25, 0.3) is 0 Å². The summed E-state index contributed by atoms with van der Waals surface area (Å²) in [7, 11) is 0. The lowest BCUT2D eigenvalue weighted by atomic mass is 10.3. The molecule has 0 bridgehead atoms. The molecule has 6 nitrogen and oxygen atoms in total. The lowest BCUT2D eigenvalue weighted by molar-refractivity contribution is -0.134. The van der Waals surface area contributed by atoms with Crippen LogP contribution in [0.1, 0.15) is 6.42 Å². The molecule has 0 aliphatic carbocycles. The van der Waals surface area contributed by atoms with E-state index in [-0.39, 0.29) is 5.78 Å². The topological polar surface area (TPSA) is 104 Å². The molecule has 0 saturated carbocycles. The minimum atomic E-state index is -1.26. The van der Waals surface area contributed by atoms with Crippen molar-refractivity contribution in [3.8, 4) is 0 Å². The van der Waals surface area contributed by atoms with Crippen LogP contribution >= 0.6 is 11.9 Å². The van der Waals surface area contributed by atoms with E-state index in [1.165, 1.54) is 18.2 Å². The molecule has 7 heteroatoms. The van der Waals surface area contributed by atoms with Gasteiger partial charge in [0.2, 0.25) is 0 Å². The van der Waals surface area contributed by atoms with E-state index < -0.39 is 11.9 Å². The molecule has 1 heterocycles. The van der Waals surface area contributed by atoms with Crippen molar-refractivity contribution in [2.75, 3.05) is 0 Å². The van der Waals surface area contributed by atoms with Crippen LogP contribution in [0.4, 0.5) is 0 Å². The zero-order chi connectivity index (χ0) is 12.4. The molecule has 1 aliphatic rings. The molecule has 1 aliphatic heterocycles. The van der Waals surface area contributed by atoms with Crippen molar-refractivity contribution in [1.29, 1.82) is 0 Å². The van der Waals surface area contributed by atoms with E-state index in [0.29, 0.717) is 18.6 Å². The summed E-state index contributed by atoms with van der Waals surface area (Å²) in [6, 6.07) is 0. The van der Waals surface area contributed by atoms with E-state index in [9.17, 15) is 14.4 Å². The van der Waals surface area contributed by atoms with E-state index in [4.69, 9.17) is 10.2 Å². The van der Waals surface area contributed by atoms with E-state index in [0.717, 1.165) is 0 Å². The minimum Gasteiger partial charge on any atom is -0.478 e. The minimum absolute atomic E-state index is 0.0752. The van der Waals surface area contributed by atoms with Gasteiger partial charge >= 0.3 is 11.9 Å². The van der Waals surface area contributed by atoms with Gasteiger partial charge in [-0.05, 0) is 5.41 Å². The molecule has 0 fully saturated rings. The summed E-state index contributed by atoms with van der Waals surface area (Å²) in [4.78, 5) is 29.6. The molecule has 0 aromatic carbocycles. The van der Waals surface area contributed by atoms with Crippen LogP contribution < -0.4 is 0 Å². The van der Waals surface area contributed by atoms with E-state index >= 15 is 0 Å². The summed E-state index contributed by atoms with van der Waals surface area (Å²) in [6.45, 7) is 0. The Kier molecular flexibility index (Phi) is 7.43. The maximum absolute atomic E-state index is 10.5. The van der Waals surface area contributed by atoms with Gasteiger partial charge in [-0.15, -0.1) is 0 Å². The van der Waals surface area contributed by atoms with Gasteiger partial charge in [0.15, 0.2) is 5.78 Å². The Morgan fingerprint density at radius 3 is 2.38 bits per heavy atom. The maximum atomic E-state index is 10.5. The van der Waals surface area contributed by atoms with Gasteiger partial charge in [-0.2, -0.15) is 0 Å². The van der Waals surface area contributed by atoms with Crippen LogP contribution in [0, 0.1) is 0 Å². The number of carboxylic acids is 2. The van der Waals surface area contributed by atoms with Crippen molar-refractivity contribution >= 4 is 35.9 Å². The highest BCUT2D eigenvalue weighted by Crippen LogP contribution is 2.06. The predicted molar refractivity (Wildman–Crippen MR) is 59.3 cm³/mol. The second-order valence-corrected chi connectivity index (χ2v) is 3.09. The molecule has 0 aromatic rings. The van der Waals surface area contributed by atoms with Crippen LogP contribution in [0.2, 0.25) is 0 Å². The second-order valence-electron chi connectivity index (χ2n) is 2.39. The lowest BCUT2D eigenvalue weighted by Gasteiger charge is -1.76. The van der Waals surface area contributed by atoms with Crippen molar-refractivity contribution in [2.24, 2.45) is 4.40 Å². The normalized spacial score (nSPS) is 14.1. The number of aliphatic carboxylic acids is 2. The van der Waals surface area contributed by atoms with Gasteiger partial charge in [0.1, 0.15) is 0 Å². The summed E-state index contributed by atoms with van der Waals surface area (Å²) in [6.07, 6.45) is 4.77. The van der Waals surface area contributed by atoms with Crippen molar-refractivity contribution < 1.29 is 24.6 Å². The zero-order valence-electron chi connectivity index (χ0n) is 8.07. The lowest BCUT2D eigenvalue weighted by Crippen LogP contribution is -1.93. The first-order valence-electron chi connectivity index (χ1n) is 4.03. The third-order valence-electron chi connectivity index (χ3n) is 1.10. The molecule has 0 atom stereocenters. The molecule has 0 amide bonds. The predicted octanol–water partition coefficient (Wildman–Crippen LogP) is 0.904. The smallest absolute Gasteiger partial charge is 0.328 e. The van der Waals surface area contributed by atoms with Gasteiger partial charge in [0.05, 0.1) is 6.21 Å². The Labute approximate surface area is 95.5 Å². The average molecular weight is 243 g/mol. The van der Waals surface area contributed by atoms with Crippen LogP contribution in [0.15, 0.2) is 28.0 Å². The Bertz CT molecular complexity index is 343. The first kappa shape index (κ1) is 14.1. The number of hydrogen-bond acceptors (Lipinski definition) is 5. The Balaban J connectivity index is 0.000000281. The number of allylic oxidation sites excluding steroid dienone is 1. The fraction of sp³-hybridized carbons (Fsp3) is 0.111. The van der Waals surface area contributed by atoms with Crippen LogP contribution in [-0.4, -0.2) is 34.1 Å². The Hall–Kier alpha value is -1.89. The highest BCUT2D eigenvalue weighted by Gasteiger charge is 1.94. The van der Waals surface area contributed by atoms with Gasteiger partial charge in [-0.25, -0.2) is 14.0 Å². The number of Topliss-reactive ketones (excluding diaryl/α,β-unsaturated/α-hetero) is 1. The molecule has 16 heavy (non-hydrogen) atoms. The third-order valence-corrected chi connectivity index (χ3v) is 1.64. The molecule has 0 unspecified atom stereocenters. The zero-order valence-corrected chi connectivity index (χ0v) is 8.88. The highest BCUT2D eigenvalue weighted by atomic mass is 32.2. The summed E-state index contributed by atoms with van der Waals surface area (Å²) in [5, 5.41) is 17.4. The van der Waals surface area contributed by atoms with Crippen molar-refractivity contribution in [1.82, 2.24) is 0 Å². The molecular formula is C9H9NO5S. The number of carboxylic acid groups (broad SMARTS) is 2. The Morgan fingerprint density at radius 1 is 1.31 bits per heavy atom. The first-order valence-corrected chi connectivity index (χ1v) is 4.87. The molecule has 0 aromatic heterocycles. The molecule has 0 spiro atoms. The first-order chi connectivity index (χ1) is 7.52. The SMILES string of the molecule is O=C(O)/C=C/C(=O)O.O=C1C=NSC=CC1. The summed E-state index contributed by atoms with van der Waals surface area (Å²) >= 11 is 1.29. The molecule has 2 N–H and O–H groups in total. The van der Waals surface area contributed by atoms with E-state index in [1.807, 2.05) is 0 Å². The fourth-order valence-corrected chi connectivity index (χ4v) is 0.958. The standard InChI is InChI=1S/C5H5NOS.C4H4O4/c7-5-2-1-3-8-6-4-5;5-3(6)1-2-4(7)8/h1,3-4H,2H2;1-2H,(H,5,6)(H,7,8)/b;2-1+. The molecule has 0 saturated heterocycles. The number of carbonyl (C=O) groups excluding carboxylic acids is 1. The van der Waals surface area contributed by atoms with E-state index in [1.54, 1.807) is 11.5 Å². The number of ketones is 1.